The van der Waals surface area contributed by atoms with E-state index in [4.69, 9.17) is 9.84 Å². The van der Waals surface area contributed by atoms with Crippen molar-refractivity contribution < 1.29 is 14.6 Å². The summed E-state index contributed by atoms with van der Waals surface area (Å²) < 4.78 is 5.56. The molecule has 2 rings (SSSR count). The van der Waals surface area contributed by atoms with Crippen molar-refractivity contribution in [1.82, 2.24) is 4.90 Å². The highest BCUT2D eigenvalue weighted by molar-refractivity contribution is 5.77. The normalized spacial score (nSPS) is 30.7. The maximum atomic E-state index is 11.9. The zero-order valence-corrected chi connectivity index (χ0v) is 9.73. The molecule has 2 heterocycles. The SMILES string of the molecule is O=C(CC1CCCCO1)N1CCC(CO)C1. The van der Waals surface area contributed by atoms with Gasteiger partial charge in [0, 0.05) is 32.2 Å². The molecule has 4 nitrogen and oxygen atoms in total. The van der Waals surface area contributed by atoms with Crippen LogP contribution in [-0.4, -0.2) is 48.3 Å². The van der Waals surface area contributed by atoms with Crippen molar-refractivity contribution in [2.24, 2.45) is 5.92 Å². The Morgan fingerprint density at radius 1 is 1.38 bits per heavy atom. The predicted molar refractivity (Wildman–Crippen MR) is 60.0 cm³/mol. The van der Waals surface area contributed by atoms with Gasteiger partial charge in [0.25, 0.3) is 0 Å². The summed E-state index contributed by atoms with van der Waals surface area (Å²) in [5, 5.41) is 9.02. The number of aliphatic hydroxyl groups excluding tert-OH is 1. The van der Waals surface area contributed by atoms with Crippen molar-refractivity contribution in [2.75, 3.05) is 26.3 Å². The second kappa shape index (κ2) is 5.64. The number of carbonyl (C=O) groups excluding carboxylic acids is 1. The minimum atomic E-state index is 0.134. The Balaban J connectivity index is 1.75. The Bertz CT molecular complexity index is 238. The monoisotopic (exact) mass is 227 g/mol. The highest BCUT2D eigenvalue weighted by Crippen LogP contribution is 2.20. The van der Waals surface area contributed by atoms with Gasteiger partial charge in [-0.15, -0.1) is 0 Å². The molecule has 0 aliphatic carbocycles. The van der Waals surface area contributed by atoms with Crippen LogP contribution in [0.4, 0.5) is 0 Å². The van der Waals surface area contributed by atoms with E-state index in [0.717, 1.165) is 39.0 Å². The summed E-state index contributed by atoms with van der Waals surface area (Å²) in [7, 11) is 0. The van der Waals surface area contributed by atoms with Crippen LogP contribution < -0.4 is 0 Å². The second-order valence-corrected chi connectivity index (χ2v) is 4.87. The van der Waals surface area contributed by atoms with Crippen LogP contribution in [0.2, 0.25) is 0 Å². The topological polar surface area (TPSA) is 49.8 Å². The summed E-state index contributed by atoms with van der Waals surface area (Å²) in [6.45, 7) is 2.53. The first kappa shape index (κ1) is 11.9. The van der Waals surface area contributed by atoms with Crippen LogP contribution in [0.1, 0.15) is 32.1 Å². The predicted octanol–water partition coefficient (Wildman–Crippen LogP) is 0.786. The highest BCUT2D eigenvalue weighted by atomic mass is 16.5. The molecule has 0 aromatic rings. The molecule has 2 fully saturated rings. The lowest BCUT2D eigenvalue weighted by molar-refractivity contribution is -0.134. The fourth-order valence-corrected chi connectivity index (χ4v) is 2.50. The van der Waals surface area contributed by atoms with Crippen LogP contribution in [-0.2, 0) is 9.53 Å². The number of likely N-dealkylation sites (tertiary alicyclic amines) is 1. The maximum absolute atomic E-state index is 11.9. The first-order chi connectivity index (χ1) is 7.79. The summed E-state index contributed by atoms with van der Waals surface area (Å²) in [5.41, 5.74) is 0. The molecule has 0 aromatic carbocycles. The molecule has 2 aliphatic rings. The van der Waals surface area contributed by atoms with Crippen LogP contribution in [0.5, 0.6) is 0 Å². The van der Waals surface area contributed by atoms with Gasteiger partial charge < -0.3 is 14.7 Å². The molecule has 0 bridgehead atoms. The molecule has 0 radical (unpaired) electrons. The zero-order valence-electron chi connectivity index (χ0n) is 9.73. The number of nitrogens with zero attached hydrogens (tertiary/aromatic N) is 1. The van der Waals surface area contributed by atoms with Gasteiger partial charge in [-0.1, -0.05) is 0 Å². The standard InChI is InChI=1S/C12H21NO3/c14-9-10-4-5-13(8-10)12(15)7-11-3-1-2-6-16-11/h10-11,14H,1-9H2. The number of carbonyl (C=O) groups is 1. The van der Waals surface area contributed by atoms with E-state index < -0.39 is 0 Å². The van der Waals surface area contributed by atoms with E-state index in [0.29, 0.717) is 6.42 Å². The van der Waals surface area contributed by atoms with Crippen molar-refractivity contribution in [3.05, 3.63) is 0 Å². The van der Waals surface area contributed by atoms with Gasteiger partial charge >= 0.3 is 0 Å². The first-order valence-corrected chi connectivity index (χ1v) is 6.30. The van der Waals surface area contributed by atoms with Crippen LogP contribution in [0.3, 0.4) is 0 Å². The number of amides is 1. The Morgan fingerprint density at radius 3 is 2.88 bits per heavy atom. The third kappa shape index (κ3) is 2.95. The van der Waals surface area contributed by atoms with Gasteiger partial charge in [-0.2, -0.15) is 0 Å². The summed E-state index contributed by atoms with van der Waals surface area (Å²) in [4.78, 5) is 13.8. The molecule has 4 heteroatoms. The molecule has 2 atom stereocenters. The minimum absolute atomic E-state index is 0.134. The Morgan fingerprint density at radius 2 is 2.25 bits per heavy atom. The third-order valence-electron chi connectivity index (χ3n) is 3.57. The number of rotatable bonds is 3. The van der Waals surface area contributed by atoms with Gasteiger partial charge in [0.15, 0.2) is 0 Å². The molecule has 1 N–H and O–H groups in total. The summed E-state index contributed by atoms with van der Waals surface area (Å²) >= 11 is 0. The molecule has 0 saturated carbocycles. The average Bonchev–Trinajstić information content (AvgIpc) is 2.79. The van der Waals surface area contributed by atoms with Crippen LogP contribution in [0, 0.1) is 5.92 Å². The third-order valence-corrected chi connectivity index (χ3v) is 3.57. The fraction of sp³-hybridized carbons (Fsp3) is 0.917. The van der Waals surface area contributed by atoms with E-state index in [2.05, 4.69) is 0 Å². The van der Waals surface area contributed by atoms with Crippen molar-refractivity contribution in [3.8, 4) is 0 Å². The molecule has 1 amide bonds. The summed E-state index contributed by atoms with van der Waals surface area (Å²) in [6.07, 6.45) is 4.92. The van der Waals surface area contributed by atoms with Gasteiger partial charge in [0.2, 0.25) is 5.91 Å². The fourth-order valence-electron chi connectivity index (χ4n) is 2.50. The van der Waals surface area contributed by atoms with E-state index in [9.17, 15) is 4.79 Å². The lowest BCUT2D eigenvalue weighted by Gasteiger charge is -2.24. The molecular formula is C12H21NO3. The van der Waals surface area contributed by atoms with Crippen molar-refractivity contribution in [3.63, 3.8) is 0 Å². The summed E-state index contributed by atoms with van der Waals surface area (Å²) in [6, 6.07) is 0. The van der Waals surface area contributed by atoms with Crippen molar-refractivity contribution in [2.45, 2.75) is 38.2 Å². The molecule has 2 aliphatic heterocycles. The maximum Gasteiger partial charge on any atom is 0.225 e. The minimum Gasteiger partial charge on any atom is -0.396 e. The average molecular weight is 227 g/mol. The molecule has 92 valence electrons. The smallest absolute Gasteiger partial charge is 0.225 e. The van der Waals surface area contributed by atoms with Gasteiger partial charge in [-0.05, 0) is 25.7 Å². The number of ether oxygens (including phenoxy) is 1. The lowest BCUT2D eigenvalue weighted by atomic mass is 10.1. The number of aliphatic hydroxyl groups is 1. The van der Waals surface area contributed by atoms with Crippen LogP contribution in [0.15, 0.2) is 0 Å². The van der Waals surface area contributed by atoms with E-state index in [-0.39, 0.29) is 24.5 Å². The van der Waals surface area contributed by atoms with Crippen LogP contribution in [0.25, 0.3) is 0 Å². The second-order valence-electron chi connectivity index (χ2n) is 4.87. The van der Waals surface area contributed by atoms with Gasteiger partial charge in [0.1, 0.15) is 0 Å². The number of hydrogen-bond donors (Lipinski definition) is 1. The molecule has 0 aromatic heterocycles. The quantitative estimate of drug-likeness (QED) is 0.775. The largest absolute Gasteiger partial charge is 0.396 e. The Labute approximate surface area is 96.6 Å². The zero-order chi connectivity index (χ0) is 11.4. The summed E-state index contributed by atoms with van der Waals surface area (Å²) in [5.74, 6) is 0.485. The Kier molecular flexibility index (Phi) is 4.18. The molecule has 2 saturated heterocycles. The van der Waals surface area contributed by atoms with Crippen LogP contribution >= 0.6 is 0 Å². The number of hydrogen-bond acceptors (Lipinski definition) is 3. The Hall–Kier alpha value is -0.610. The van der Waals surface area contributed by atoms with E-state index in [1.54, 1.807) is 0 Å². The van der Waals surface area contributed by atoms with E-state index in [1.165, 1.54) is 6.42 Å². The van der Waals surface area contributed by atoms with Gasteiger partial charge in [0.05, 0.1) is 12.5 Å². The molecule has 2 unspecified atom stereocenters. The van der Waals surface area contributed by atoms with Crippen molar-refractivity contribution in [1.29, 1.82) is 0 Å². The van der Waals surface area contributed by atoms with Crippen molar-refractivity contribution >= 4 is 5.91 Å². The first-order valence-electron chi connectivity index (χ1n) is 6.30. The molecular weight excluding hydrogens is 206 g/mol. The van der Waals surface area contributed by atoms with E-state index >= 15 is 0 Å². The highest BCUT2D eigenvalue weighted by Gasteiger charge is 2.27. The lowest BCUT2D eigenvalue weighted by Crippen LogP contribution is -2.33. The molecule has 0 spiro atoms. The van der Waals surface area contributed by atoms with E-state index in [1.807, 2.05) is 4.90 Å². The van der Waals surface area contributed by atoms with Gasteiger partial charge in [-0.3, -0.25) is 4.79 Å². The van der Waals surface area contributed by atoms with Gasteiger partial charge in [-0.25, -0.2) is 0 Å². The molecule has 16 heavy (non-hydrogen) atoms.